The second-order valence-corrected chi connectivity index (χ2v) is 10.2. The second kappa shape index (κ2) is 9.17. The quantitative estimate of drug-likeness (QED) is 0.462. The Hall–Kier alpha value is -3.09. The maximum atomic E-state index is 13.1. The summed E-state index contributed by atoms with van der Waals surface area (Å²) in [5, 5.41) is 15.3. The molecule has 2 aliphatic rings. The number of aromatic nitrogens is 2. The Morgan fingerprint density at radius 2 is 2.20 bits per heavy atom. The van der Waals surface area contributed by atoms with Gasteiger partial charge in [-0.25, -0.2) is 23.5 Å². The first-order valence-electron chi connectivity index (χ1n) is 11.1. The Morgan fingerprint density at radius 3 is 2.97 bits per heavy atom. The van der Waals surface area contributed by atoms with Crippen molar-refractivity contribution in [1.82, 2.24) is 15.3 Å². The van der Waals surface area contributed by atoms with Crippen LogP contribution in [0.1, 0.15) is 42.4 Å². The summed E-state index contributed by atoms with van der Waals surface area (Å²) in [5.41, 5.74) is 0.573. The van der Waals surface area contributed by atoms with Gasteiger partial charge in [0, 0.05) is 17.5 Å². The van der Waals surface area contributed by atoms with Crippen LogP contribution in [0.15, 0.2) is 34.9 Å². The Bertz CT molecular complexity index is 1230. The van der Waals surface area contributed by atoms with Gasteiger partial charge in [0.1, 0.15) is 0 Å². The first-order chi connectivity index (χ1) is 16.7. The number of alkyl halides is 2. The van der Waals surface area contributed by atoms with Crippen molar-refractivity contribution in [3.05, 3.63) is 46.6 Å². The van der Waals surface area contributed by atoms with Crippen molar-refractivity contribution in [2.75, 3.05) is 30.0 Å². The Labute approximate surface area is 204 Å². The molecule has 0 saturated carbocycles. The van der Waals surface area contributed by atoms with Crippen LogP contribution < -0.4 is 15.5 Å². The number of aliphatic hydroxyl groups is 1. The molecule has 0 spiro atoms. The van der Waals surface area contributed by atoms with Crippen molar-refractivity contribution in [1.29, 1.82) is 0 Å². The topological polar surface area (TPSA) is 113 Å². The molecule has 2 atom stereocenters. The number of hydrogen-bond acceptors (Lipinski definition) is 8. The molecule has 0 radical (unpaired) electrons. The number of ether oxygens (including phenoxy) is 1. The average Bonchev–Trinajstić information content (AvgIpc) is 3.45. The summed E-state index contributed by atoms with van der Waals surface area (Å²) in [6.07, 6.45) is -0.453. The molecule has 9 nitrogen and oxygen atoms in total. The summed E-state index contributed by atoms with van der Waals surface area (Å²) in [5.74, 6) is 0.405. The number of urea groups is 1. The number of carbonyl (C=O) groups is 1. The number of thiazole rings is 1. The van der Waals surface area contributed by atoms with E-state index < -0.39 is 18.0 Å². The summed E-state index contributed by atoms with van der Waals surface area (Å²) in [4.78, 5) is 24.4. The van der Waals surface area contributed by atoms with Crippen LogP contribution in [-0.4, -0.2) is 52.5 Å². The van der Waals surface area contributed by atoms with E-state index in [2.05, 4.69) is 20.6 Å². The summed E-state index contributed by atoms with van der Waals surface area (Å²) in [6, 6.07) is 5.71. The molecule has 5 rings (SSSR count). The maximum Gasteiger partial charge on any atom is 0.321 e. The van der Waals surface area contributed by atoms with Crippen molar-refractivity contribution >= 4 is 28.5 Å². The Kier molecular flexibility index (Phi) is 6.20. The number of aliphatic hydroxyl groups excluding tert-OH is 1. The lowest BCUT2D eigenvalue weighted by atomic mass is 9.97. The number of amides is 2. The number of oxazole rings is 1. The zero-order chi connectivity index (χ0) is 24.7. The van der Waals surface area contributed by atoms with E-state index in [1.165, 1.54) is 23.5 Å². The molecule has 0 aliphatic carbocycles. The van der Waals surface area contributed by atoms with Gasteiger partial charge in [-0.15, -0.1) is 0 Å². The molecular weight excluding hydrogens is 480 g/mol. The number of nitrogens with zero attached hydrogens (tertiary/aromatic N) is 3. The van der Waals surface area contributed by atoms with Crippen LogP contribution in [0.4, 0.5) is 24.7 Å². The lowest BCUT2D eigenvalue weighted by molar-refractivity contribution is 0.0578. The SMILES string of the molecule is CC(C)(CO)NC(=O)Nc1nc2c(s1)[C@@H]1COC[C@H](C2)N1c1ncc(-c2cccc(C(F)F)c2)o1. The number of fused-ring (bicyclic) bond motifs is 4. The van der Waals surface area contributed by atoms with Crippen LogP contribution in [0.2, 0.25) is 0 Å². The highest BCUT2D eigenvalue weighted by Crippen LogP contribution is 2.44. The van der Waals surface area contributed by atoms with Crippen molar-refractivity contribution in [2.45, 2.75) is 44.3 Å². The third-order valence-corrected chi connectivity index (χ3v) is 7.09. The number of anilines is 2. The number of hydrogen-bond donors (Lipinski definition) is 3. The van der Waals surface area contributed by atoms with Crippen molar-refractivity contribution in [2.24, 2.45) is 0 Å². The van der Waals surface area contributed by atoms with Gasteiger partial charge in [-0.1, -0.05) is 29.5 Å². The molecular formula is C23H25F2N5O4S. The van der Waals surface area contributed by atoms with Crippen LogP contribution >= 0.6 is 11.3 Å². The van der Waals surface area contributed by atoms with Gasteiger partial charge in [0.2, 0.25) is 0 Å². The van der Waals surface area contributed by atoms with Crippen LogP contribution in [-0.2, 0) is 11.2 Å². The number of rotatable bonds is 6. The van der Waals surface area contributed by atoms with E-state index >= 15 is 0 Å². The van der Waals surface area contributed by atoms with Gasteiger partial charge >= 0.3 is 6.03 Å². The van der Waals surface area contributed by atoms with Gasteiger partial charge in [0.25, 0.3) is 12.4 Å². The predicted octanol–water partition coefficient (Wildman–Crippen LogP) is 4.13. The van der Waals surface area contributed by atoms with Gasteiger partial charge < -0.3 is 24.5 Å². The zero-order valence-corrected chi connectivity index (χ0v) is 19.9. The highest BCUT2D eigenvalue weighted by Gasteiger charge is 2.43. The summed E-state index contributed by atoms with van der Waals surface area (Å²) >= 11 is 1.35. The van der Waals surface area contributed by atoms with Gasteiger partial charge in [-0.05, 0) is 19.9 Å². The molecule has 2 aliphatic heterocycles. The number of benzene rings is 1. The standard InChI is InChI=1S/C23H25F2N5O4S/c1-23(2,11-31)29-20(32)28-21-27-15-7-14-9-33-10-16(18(15)35-21)30(14)22-26-8-17(34-22)12-4-3-5-13(6-12)19(24)25/h3-6,8,14,16,19,31H,7,9-11H2,1-2H3,(H2,27,28,29,32)/t14-,16-/m0/s1. The fraction of sp³-hybridized carbons (Fsp3) is 0.435. The zero-order valence-electron chi connectivity index (χ0n) is 19.1. The number of morpholine rings is 1. The monoisotopic (exact) mass is 505 g/mol. The van der Waals surface area contributed by atoms with E-state index in [0.29, 0.717) is 42.1 Å². The Balaban J connectivity index is 1.38. The molecule has 2 amide bonds. The smallest absolute Gasteiger partial charge is 0.321 e. The normalized spacial score (nSPS) is 19.5. The van der Waals surface area contributed by atoms with Gasteiger partial charge in [0.05, 0.1) is 54.2 Å². The van der Waals surface area contributed by atoms with E-state index in [4.69, 9.17) is 9.15 Å². The number of nitrogens with one attached hydrogen (secondary N) is 2. The molecule has 3 aromatic rings. The Morgan fingerprint density at radius 1 is 1.37 bits per heavy atom. The van der Waals surface area contributed by atoms with Crippen molar-refractivity contribution in [3.63, 3.8) is 0 Å². The highest BCUT2D eigenvalue weighted by atomic mass is 32.1. The molecule has 2 aromatic heterocycles. The average molecular weight is 506 g/mol. The fourth-order valence-corrected chi connectivity index (χ4v) is 5.32. The fourth-order valence-electron chi connectivity index (χ4n) is 4.25. The van der Waals surface area contributed by atoms with E-state index in [9.17, 15) is 18.7 Å². The first kappa shape index (κ1) is 23.6. The predicted molar refractivity (Wildman–Crippen MR) is 126 cm³/mol. The molecule has 186 valence electrons. The molecule has 0 unspecified atom stereocenters. The minimum atomic E-state index is -2.57. The third kappa shape index (κ3) is 4.73. The molecule has 4 heterocycles. The van der Waals surface area contributed by atoms with Gasteiger partial charge in [-0.2, -0.15) is 0 Å². The summed E-state index contributed by atoms with van der Waals surface area (Å²) in [6.45, 7) is 4.08. The van der Waals surface area contributed by atoms with Crippen LogP contribution in [0.3, 0.4) is 0 Å². The minimum Gasteiger partial charge on any atom is -0.423 e. The number of halogens is 2. The molecule has 1 saturated heterocycles. The van der Waals surface area contributed by atoms with Crippen LogP contribution in [0.5, 0.6) is 0 Å². The molecule has 12 heteroatoms. The third-order valence-electron chi connectivity index (χ3n) is 5.98. The molecule has 35 heavy (non-hydrogen) atoms. The molecule has 1 fully saturated rings. The molecule has 3 N–H and O–H groups in total. The largest absolute Gasteiger partial charge is 0.423 e. The first-order valence-corrected chi connectivity index (χ1v) is 12.0. The van der Waals surface area contributed by atoms with E-state index in [0.717, 1.165) is 10.6 Å². The van der Waals surface area contributed by atoms with Crippen molar-refractivity contribution in [3.8, 4) is 11.3 Å². The lowest BCUT2D eigenvalue weighted by Crippen LogP contribution is -2.51. The highest BCUT2D eigenvalue weighted by molar-refractivity contribution is 7.16. The second-order valence-electron chi connectivity index (χ2n) is 9.20. The lowest BCUT2D eigenvalue weighted by Gasteiger charge is -2.43. The number of carbonyl (C=O) groups excluding carboxylic acids is 1. The molecule has 1 aromatic carbocycles. The van der Waals surface area contributed by atoms with Crippen LogP contribution in [0.25, 0.3) is 11.3 Å². The van der Waals surface area contributed by atoms with Gasteiger partial charge in [0.15, 0.2) is 10.9 Å². The van der Waals surface area contributed by atoms with Crippen molar-refractivity contribution < 1.29 is 27.8 Å². The summed E-state index contributed by atoms with van der Waals surface area (Å²) in [7, 11) is 0. The van der Waals surface area contributed by atoms with E-state index in [-0.39, 0.29) is 24.3 Å². The maximum absolute atomic E-state index is 13.1. The van der Waals surface area contributed by atoms with Crippen LogP contribution in [0, 0.1) is 0 Å². The summed E-state index contributed by atoms with van der Waals surface area (Å²) < 4.78 is 38.1. The van der Waals surface area contributed by atoms with Gasteiger partial charge in [-0.3, -0.25) is 5.32 Å². The van der Waals surface area contributed by atoms with E-state index in [1.807, 2.05) is 4.90 Å². The minimum absolute atomic E-state index is 0.0720. The molecule has 2 bridgehead atoms. The van der Waals surface area contributed by atoms with E-state index in [1.54, 1.807) is 32.2 Å².